The number of nitrogens with one attached hydrogen (secondary N) is 4. The van der Waals surface area contributed by atoms with Crippen molar-refractivity contribution < 1.29 is 38.1 Å². The van der Waals surface area contributed by atoms with Crippen molar-refractivity contribution in [2.45, 2.75) is 25.3 Å². The van der Waals surface area contributed by atoms with Gasteiger partial charge in [-0.3, -0.25) is 48.4 Å². The number of benzene rings is 2. The maximum Gasteiger partial charge on any atom is 0.439 e. The number of carboxylic acids is 1. The van der Waals surface area contributed by atoms with Crippen LogP contribution in [0.3, 0.4) is 0 Å². The van der Waals surface area contributed by atoms with E-state index in [0.717, 1.165) is 4.90 Å². The molecule has 3 amide bonds. The van der Waals surface area contributed by atoms with Gasteiger partial charge in [-0.15, -0.1) is 0 Å². The second-order valence-electron chi connectivity index (χ2n) is 10.5. The highest BCUT2D eigenvalue weighted by Gasteiger charge is 2.53. The molecular weight excluding hydrogens is 620 g/mol. The number of rotatable bonds is 12. The monoisotopic (exact) mass is 648 g/mol. The summed E-state index contributed by atoms with van der Waals surface area (Å²) in [7, 11) is 0. The van der Waals surface area contributed by atoms with Gasteiger partial charge in [0.25, 0.3) is 17.7 Å². The molecule has 0 bridgehead atoms. The number of piperazine rings is 1. The van der Waals surface area contributed by atoms with Gasteiger partial charge in [0.15, 0.2) is 23.0 Å². The molecule has 1 saturated heterocycles. The number of nitrogens with zero attached hydrogens (tertiary/aromatic N) is 4. The highest BCUT2D eigenvalue weighted by molar-refractivity contribution is 6.11. The lowest BCUT2D eigenvalue weighted by Crippen LogP contribution is -2.73. The van der Waals surface area contributed by atoms with E-state index in [4.69, 9.17) is 0 Å². The summed E-state index contributed by atoms with van der Waals surface area (Å²) in [6.07, 6.45) is -0.0536. The molecule has 1 atom stereocenters. The third-order valence-electron chi connectivity index (χ3n) is 7.56. The number of carbonyl (C=O) groups is 5. The molecule has 0 radical (unpaired) electrons. The molecule has 0 saturated carbocycles. The van der Waals surface area contributed by atoms with Gasteiger partial charge in [-0.05, 0) is 44.0 Å². The number of H-pyrrole nitrogens is 2. The number of aromatic amines is 2. The number of aliphatic carboxylic acids is 1. The van der Waals surface area contributed by atoms with Gasteiger partial charge >= 0.3 is 17.5 Å². The van der Waals surface area contributed by atoms with E-state index in [1.165, 1.54) is 48.3 Å². The van der Waals surface area contributed by atoms with Gasteiger partial charge in [0, 0.05) is 41.9 Å². The molecule has 47 heavy (non-hydrogen) atoms. The summed E-state index contributed by atoms with van der Waals surface area (Å²) in [5.74, 6) is -4.90. The molecular formula is C29H28N8O10. The molecule has 244 valence electrons. The van der Waals surface area contributed by atoms with Crippen LogP contribution in [0.2, 0.25) is 0 Å². The minimum Gasteiger partial charge on any atom is -0.480 e. The largest absolute Gasteiger partial charge is 0.480 e. The number of carbonyl (C=O) groups excluding carboxylic acids is 4. The summed E-state index contributed by atoms with van der Waals surface area (Å²) in [5, 5.41) is 20.5. The zero-order chi connectivity index (χ0) is 33.7. The Balaban J connectivity index is 1.28. The Labute approximate surface area is 263 Å². The van der Waals surface area contributed by atoms with Crippen molar-refractivity contribution in [1.29, 1.82) is 0 Å². The predicted octanol–water partition coefficient (Wildman–Crippen LogP) is -0.215. The molecule has 4 aromatic rings. The van der Waals surface area contributed by atoms with Crippen molar-refractivity contribution in [3.63, 3.8) is 0 Å². The SMILES string of the molecule is CC(=O)[C@@]1(CCCNC(=O)c2ccc(-c3noc(=O)[nH]3)cc2)C(=O)N(CC(=O)O)CCN1NC(=O)c1ccc(-c2noc(=O)[nH]2)cc1. The third kappa shape index (κ3) is 6.91. The van der Waals surface area contributed by atoms with E-state index >= 15 is 0 Å². The maximum atomic E-state index is 13.7. The van der Waals surface area contributed by atoms with E-state index in [9.17, 15) is 38.7 Å². The van der Waals surface area contributed by atoms with Crippen LogP contribution in [0, 0.1) is 0 Å². The second-order valence-corrected chi connectivity index (χ2v) is 10.5. The van der Waals surface area contributed by atoms with Crippen LogP contribution in [0.1, 0.15) is 40.5 Å². The topological polar surface area (TPSA) is 254 Å². The van der Waals surface area contributed by atoms with E-state index in [1.54, 1.807) is 12.1 Å². The fourth-order valence-electron chi connectivity index (χ4n) is 5.22. The molecule has 1 aliphatic heterocycles. The Bertz CT molecular complexity index is 1920. The number of amides is 3. The highest BCUT2D eigenvalue weighted by atomic mass is 16.5. The van der Waals surface area contributed by atoms with Crippen molar-refractivity contribution in [1.82, 2.24) is 40.9 Å². The summed E-state index contributed by atoms with van der Waals surface area (Å²) < 4.78 is 8.97. The first kappa shape index (κ1) is 32.2. The van der Waals surface area contributed by atoms with Crippen molar-refractivity contribution in [3.05, 3.63) is 80.8 Å². The summed E-state index contributed by atoms with van der Waals surface area (Å²) in [6.45, 7) is 0.436. The fourth-order valence-corrected chi connectivity index (χ4v) is 5.22. The van der Waals surface area contributed by atoms with Crippen LogP contribution in [-0.4, -0.2) is 96.5 Å². The number of carboxylic acid groups (broad SMARTS) is 1. The molecule has 18 heteroatoms. The summed E-state index contributed by atoms with van der Waals surface area (Å²) >= 11 is 0. The van der Waals surface area contributed by atoms with Crippen molar-refractivity contribution in [3.8, 4) is 22.8 Å². The number of hydrazine groups is 1. The Hall–Kier alpha value is -6.17. The van der Waals surface area contributed by atoms with E-state index in [0.29, 0.717) is 11.1 Å². The van der Waals surface area contributed by atoms with Gasteiger partial charge in [0.1, 0.15) is 6.54 Å². The van der Waals surface area contributed by atoms with E-state index in [2.05, 4.69) is 40.1 Å². The highest BCUT2D eigenvalue weighted by Crippen LogP contribution is 2.29. The first-order valence-electron chi connectivity index (χ1n) is 14.2. The standard InChI is InChI=1S/C29H28N8O10/c1-16(38)29(11-2-12-30-24(41)19-7-3-17(4-8-19)22-31-27(44)46-34-22)26(43)36(15-21(39)40)13-14-37(29)33-25(42)20-9-5-18(6-10-20)23-32-28(45)47-35-23/h3-10H,2,11-15H2,1H3,(H,30,41)(H,33,42)(H,39,40)(H,31,34,44)(H,32,35,45)/t29-/m0/s1. The van der Waals surface area contributed by atoms with Crippen LogP contribution in [0.4, 0.5) is 0 Å². The van der Waals surface area contributed by atoms with Crippen LogP contribution in [0.25, 0.3) is 22.8 Å². The summed E-state index contributed by atoms with van der Waals surface area (Å²) in [5.41, 5.74) is 2.11. The van der Waals surface area contributed by atoms with Gasteiger partial charge in [-0.25, -0.2) is 9.59 Å². The Morgan fingerprint density at radius 1 is 0.851 bits per heavy atom. The molecule has 5 N–H and O–H groups in total. The van der Waals surface area contributed by atoms with Gasteiger partial charge in [0.05, 0.1) is 0 Å². The molecule has 0 spiro atoms. The van der Waals surface area contributed by atoms with Crippen LogP contribution in [0.15, 0.2) is 67.2 Å². The maximum absolute atomic E-state index is 13.7. The predicted molar refractivity (Wildman–Crippen MR) is 158 cm³/mol. The fraction of sp³-hybridized carbons (Fsp3) is 0.276. The van der Waals surface area contributed by atoms with Crippen LogP contribution in [0.5, 0.6) is 0 Å². The average Bonchev–Trinajstić information content (AvgIpc) is 3.69. The second kappa shape index (κ2) is 13.4. The van der Waals surface area contributed by atoms with Crippen LogP contribution in [-0.2, 0) is 14.4 Å². The Morgan fingerprint density at radius 3 is 1.85 bits per heavy atom. The van der Waals surface area contributed by atoms with Gasteiger partial charge in [-0.2, -0.15) is 5.01 Å². The minimum absolute atomic E-state index is 0.0336. The molecule has 5 rings (SSSR count). The molecule has 0 aliphatic carbocycles. The first-order chi connectivity index (χ1) is 22.5. The normalized spacial score (nSPS) is 16.5. The lowest BCUT2D eigenvalue weighted by molar-refractivity contribution is -0.165. The summed E-state index contributed by atoms with van der Waals surface area (Å²) in [6, 6.07) is 12.1. The lowest BCUT2D eigenvalue weighted by atomic mass is 9.84. The quantitative estimate of drug-likeness (QED) is 0.0985. The molecule has 1 aliphatic rings. The van der Waals surface area contributed by atoms with Crippen LogP contribution < -0.4 is 22.3 Å². The first-order valence-corrected chi connectivity index (χ1v) is 14.2. The van der Waals surface area contributed by atoms with Crippen LogP contribution >= 0.6 is 0 Å². The van der Waals surface area contributed by atoms with Crippen molar-refractivity contribution in [2.75, 3.05) is 26.2 Å². The van der Waals surface area contributed by atoms with Gasteiger partial charge in [0.2, 0.25) is 0 Å². The van der Waals surface area contributed by atoms with Crippen molar-refractivity contribution >= 4 is 29.5 Å². The molecule has 18 nitrogen and oxygen atoms in total. The molecule has 0 unspecified atom stereocenters. The number of aromatic nitrogens is 4. The van der Waals surface area contributed by atoms with Gasteiger partial charge in [-0.1, -0.05) is 34.6 Å². The zero-order valence-electron chi connectivity index (χ0n) is 24.8. The molecule has 2 aromatic heterocycles. The van der Waals surface area contributed by atoms with Gasteiger partial charge < -0.3 is 15.3 Å². The van der Waals surface area contributed by atoms with Crippen molar-refractivity contribution in [2.24, 2.45) is 0 Å². The number of hydrogen-bond donors (Lipinski definition) is 5. The molecule has 1 fully saturated rings. The average molecular weight is 649 g/mol. The Morgan fingerprint density at radius 2 is 1.38 bits per heavy atom. The van der Waals surface area contributed by atoms with E-state index in [1.807, 2.05) is 0 Å². The molecule has 3 heterocycles. The zero-order valence-corrected chi connectivity index (χ0v) is 24.8. The summed E-state index contributed by atoms with van der Waals surface area (Å²) in [4.78, 5) is 92.8. The number of Topliss-reactive ketones (excluding diaryl/α,β-unsaturated/α-hetero) is 1. The third-order valence-corrected chi connectivity index (χ3v) is 7.56. The smallest absolute Gasteiger partial charge is 0.439 e. The molecule has 2 aromatic carbocycles. The van der Waals surface area contributed by atoms with E-state index < -0.39 is 53.1 Å². The Kier molecular flexibility index (Phi) is 9.22. The number of ketones is 1. The number of hydrogen-bond acceptors (Lipinski definition) is 12. The minimum atomic E-state index is -1.95. The van der Waals surface area contributed by atoms with E-state index in [-0.39, 0.29) is 55.3 Å². The lowest BCUT2D eigenvalue weighted by Gasteiger charge is -2.47.